The number of aryl methyl sites for hydroxylation is 2. The van der Waals surface area contributed by atoms with Gasteiger partial charge in [0.05, 0.1) is 0 Å². The van der Waals surface area contributed by atoms with Gasteiger partial charge >= 0.3 is 214 Å². The molecule has 6 unspecified atom stereocenters. The number of hydrogen-bond acceptors (Lipinski definition) is 8. The van der Waals surface area contributed by atoms with Crippen LogP contribution in [0.3, 0.4) is 0 Å². The Morgan fingerprint density at radius 3 is 2.58 bits per heavy atom. The van der Waals surface area contributed by atoms with E-state index in [1.165, 1.54) is 54.6 Å². The fourth-order valence-electron chi connectivity index (χ4n) is 8.89. The molecule has 9 heteroatoms. The van der Waals surface area contributed by atoms with Gasteiger partial charge in [0.25, 0.3) is 0 Å². The first kappa shape index (κ1) is 38.2. The van der Waals surface area contributed by atoms with Crippen molar-refractivity contribution >= 4 is 23.4 Å². The van der Waals surface area contributed by atoms with E-state index in [0.717, 1.165) is 71.4 Å². The number of pyridine rings is 2. The second-order valence-corrected chi connectivity index (χ2v) is 18.7. The Morgan fingerprint density at radius 1 is 1.02 bits per heavy atom. The predicted octanol–water partition coefficient (Wildman–Crippen LogP) is 5.68. The van der Waals surface area contributed by atoms with E-state index in [-0.39, 0.29) is 39.2 Å². The summed E-state index contributed by atoms with van der Waals surface area (Å²) in [7, 11) is 0. The van der Waals surface area contributed by atoms with Gasteiger partial charge in [-0.15, -0.1) is 0 Å². The fourth-order valence-corrected chi connectivity index (χ4v) is 10.8. The second-order valence-electron chi connectivity index (χ2n) is 16.3. The normalized spacial score (nSPS) is 23.8. The number of aliphatic hydroxyl groups is 1. The first-order valence-corrected chi connectivity index (χ1v) is 22.7. The van der Waals surface area contributed by atoms with E-state index >= 15 is 0 Å². The number of halogens is 1. The SMILES string of the molecule is CCc1nc2c(c(NC3CCC4CC4CC3)c1CC1CC1C(=O)c1cccc(C(C)NCc3ccc(C)c(-c4cccc(C(N)O)c4)c3)n1)C=C[I-]N2CC. The predicted molar refractivity (Wildman–Crippen MR) is 218 cm³/mol. The summed E-state index contributed by atoms with van der Waals surface area (Å²) >= 11 is -0.195. The molecule has 0 amide bonds. The van der Waals surface area contributed by atoms with Crippen LogP contribution in [0.15, 0.2) is 64.7 Å². The number of Topliss-reactive ketones (excluding diaryl/α,β-unsaturated/α-hetero) is 1. The van der Waals surface area contributed by atoms with Gasteiger partial charge in [0.1, 0.15) is 6.23 Å². The number of nitrogens with one attached hydrogen (secondary N) is 2. The average Bonchev–Trinajstić information content (AvgIpc) is 4.14. The van der Waals surface area contributed by atoms with Crippen LogP contribution >= 0.6 is 0 Å². The molecule has 5 N–H and O–H groups in total. The molecule has 1 aliphatic heterocycles. The van der Waals surface area contributed by atoms with Gasteiger partial charge in [-0.3, -0.25) is 0 Å². The average molecular weight is 852 g/mol. The molecule has 4 aromatic rings. The summed E-state index contributed by atoms with van der Waals surface area (Å²) in [5.74, 6) is 3.52. The Bertz CT molecular complexity index is 2070. The number of benzene rings is 2. The molecule has 0 spiro atoms. The number of fused-ring (bicyclic) bond motifs is 2. The van der Waals surface area contributed by atoms with Gasteiger partial charge in [0, 0.05) is 12.6 Å². The van der Waals surface area contributed by atoms with Crippen LogP contribution in [0, 0.1) is 30.6 Å². The van der Waals surface area contributed by atoms with Gasteiger partial charge in [-0.1, -0.05) is 30.3 Å². The number of aromatic nitrogens is 2. The van der Waals surface area contributed by atoms with Crippen molar-refractivity contribution in [3.63, 3.8) is 0 Å². The Balaban J connectivity index is 0.955. The van der Waals surface area contributed by atoms with Gasteiger partial charge < -0.3 is 16.2 Å². The second kappa shape index (κ2) is 16.5. The van der Waals surface area contributed by atoms with Gasteiger partial charge in [-0.25, -0.2) is 0 Å². The molecular formula is C46H56IN6O2-. The number of nitrogens with two attached hydrogens (primary N) is 1. The van der Waals surface area contributed by atoms with Gasteiger partial charge in [0.2, 0.25) is 0 Å². The van der Waals surface area contributed by atoms with E-state index in [2.05, 4.69) is 69.8 Å². The molecule has 0 saturated heterocycles. The molecule has 0 radical (unpaired) electrons. The first-order chi connectivity index (χ1) is 26.7. The van der Waals surface area contributed by atoms with E-state index in [4.69, 9.17) is 15.7 Å². The molecule has 6 atom stereocenters. The molecule has 0 bridgehead atoms. The van der Waals surface area contributed by atoms with E-state index < -0.39 is 6.23 Å². The van der Waals surface area contributed by atoms with E-state index in [1.807, 2.05) is 42.5 Å². The maximum atomic E-state index is 14.0. The molecule has 2 aromatic carbocycles. The zero-order chi connectivity index (χ0) is 38.2. The minimum atomic E-state index is -1.01. The number of carbonyl (C=O) groups excluding carboxylic acids is 1. The summed E-state index contributed by atoms with van der Waals surface area (Å²) in [5, 5.41) is 17.7. The van der Waals surface area contributed by atoms with Crippen LogP contribution in [0.5, 0.6) is 0 Å². The monoisotopic (exact) mass is 851 g/mol. The minimum absolute atomic E-state index is 0.0111. The van der Waals surface area contributed by atoms with Gasteiger partial charge in [-0.2, -0.15) is 0 Å². The summed E-state index contributed by atoms with van der Waals surface area (Å²) in [6.07, 6.45) is 10.6. The molecule has 55 heavy (non-hydrogen) atoms. The van der Waals surface area contributed by atoms with Crippen LogP contribution in [-0.4, -0.2) is 33.4 Å². The topological polar surface area (TPSA) is 116 Å². The molecule has 8 nitrogen and oxygen atoms in total. The number of anilines is 2. The first-order valence-electron chi connectivity index (χ1n) is 20.5. The summed E-state index contributed by atoms with van der Waals surface area (Å²) in [6, 6.07) is 20.6. The van der Waals surface area contributed by atoms with Crippen LogP contribution in [-0.2, 0) is 19.4 Å². The van der Waals surface area contributed by atoms with Gasteiger partial charge in [0.15, 0.2) is 0 Å². The Kier molecular flexibility index (Phi) is 11.4. The molecule has 290 valence electrons. The molecule has 4 aliphatic rings. The van der Waals surface area contributed by atoms with Crippen LogP contribution < -0.4 is 41.0 Å². The summed E-state index contributed by atoms with van der Waals surface area (Å²) in [6.45, 7) is 10.3. The van der Waals surface area contributed by atoms with Crippen molar-refractivity contribution in [2.24, 2.45) is 29.4 Å². The van der Waals surface area contributed by atoms with Crippen LogP contribution in [0.1, 0.15) is 121 Å². The molecule has 2 aromatic heterocycles. The molecule has 3 saturated carbocycles. The zero-order valence-corrected chi connectivity index (χ0v) is 34.9. The summed E-state index contributed by atoms with van der Waals surface area (Å²) in [4.78, 5) is 24.3. The number of carbonyl (C=O) groups is 1. The summed E-state index contributed by atoms with van der Waals surface area (Å²) in [5.41, 5.74) is 17.4. The van der Waals surface area contributed by atoms with Crippen molar-refractivity contribution in [1.29, 1.82) is 0 Å². The molecule has 3 aliphatic carbocycles. The Hall–Kier alpha value is -3.64. The molecule has 3 fully saturated rings. The number of rotatable bonds is 14. The Labute approximate surface area is 337 Å². The van der Waals surface area contributed by atoms with Crippen molar-refractivity contribution < 1.29 is 31.4 Å². The third-order valence-electron chi connectivity index (χ3n) is 12.5. The zero-order valence-electron chi connectivity index (χ0n) is 32.7. The standard InChI is InChI=1S/C46H56IN6O2/c1-5-40-39(43(36-19-20-47-53(6-2)46(36)52-40)50-35-17-15-30-22-31(30)16-18-35)25-34-24-38(34)44(54)42-12-8-11-41(51-42)28(4)49-26-29-14-13-27(3)37(21-29)32-9-7-10-33(23-32)45(48)55/h7-14,19-21,23,28,30-31,34-35,38,45,49,55H,5-6,15-18,22,24-26,48H2,1-4H3,(H,50,52)/q-1. The quantitative estimate of drug-likeness (QED) is 0.0555. The summed E-state index contributed by atoms with van der Waals surface area (Å²) < 4.78 is 4.89. The third-order valence-corrected chi connectivity index (χ3v) is 15.0. The van der Waals surface area contributed by atoms with Crippen LogP contribution in [0.2, 0.25) is 0 Å². The van der Waals surface area contributed by atoms with Gasteiger partial charge in [-0.05, 0) is 59.9 Å². The van der Waals surface area contributed by atoms with Crippen molar-refractivity contribution in [2.45, 2.75) is 104 Å². The van der Waals surface area contributed by atoms with Crippen molar-refractivity contribution in [2.75, 3.05) is 15.0 Å². The van der Waals surface area contributed by atoms with Crippen LogP contribution in [0.25, 0.3) is 17.2 Å². The van der Waals surface area contributed by atoms with E-state index in [0.29, 0.717) is 29.8 Å². The number of hydrogen-bond donors (Lipinski definition) is 4. The van der Waals surface area contributed by atoms with E-state index in [1.54, 1.807) is 0 Å². The van der Waals surface area contributed by atoms with Crippen molar-refractivity contribution in [3.8, 4) is 11.1 Å². The van der Waals surface area contributed by atoms with Crippen molar-refractivity contribution in [1.82, 2.24) is 15.3 Å². The van der Waals surface area contributed by atoms with E-state index in [9.17, 15) is 9.90 Å². The van der Waals surface area contributed by atoms with Crippen LogP contribution in [0.4, 0.5) is 11.5 Å². The fraction of sp³-hybridized carbons (Fsp3) is 0.457. The molecule has 3 heterocycles. The Morgan fingerprint density at radius 2 is 1.82 bits per heavy atom. The number of aliphatic hydroxyl groups excluding tert-OH is 1. The number of nitrogens with zero attached hydrogens (tertiary/aromatic N) is 3. The number of ketones is 1. The molecule has 8 rings (SSSR count). The third kappa shape index (κ3) is 8.41. The maximum absolute atomic E-state index is 14.0. The molecular weight excluding hydrogens is 795 g/mol. The van der Waals surface area contributed by atoms with Crippen molar-refractivity contribution in [3.05, 3.63) is 110 Å².